The zero-order valence-electron chi connectivity index (χ0n) is 8.30. The molecule has 1 aromatic heterocycles. The SMILES string of the molecule is CCOc1ccc(-c2nccs2)c(S)c1. The molecule has 15 heavy (non-hydrogen) atoms. The predicted octanol–water partition coefficient (Wildman–Crippen LogP) is 3.50. The highest BCUT2D eigenvalue weighted by molar-refractivity contribution is 7.80. The van der Waals surface area contributed by atoms with Crippen molar-refractivity contribution in [1.29, 1.82) is 0 Å². The van der Waals surface area contributed by atoms with Gasteiger partial charge >= 0.3 is 0 Å². The van der Waals surface area contributed by atoms with Gasteiger partial charge in [0.2, 0.25) is 0 Å². The number of thiol groups is 1. The first-order valence-corrected chi connectivity index (χ1v) is 5.99. The van der Waals surface area contributed by atoms with Crippen LogP contribution in [0.3, 0.4) is 0 Å². The summed E-state index contributed by atoms with van der Waals surface area (Å²) in [5.74, 6) is 0.850. The van der Waals surface area contributed by atoms with E-state index in [-0.39, 0.29) is 0 Å². The van der Waals surface area contributed by atoms with Gasteiger partial charge in [0.05, 0.1) is 6.61 Å². The van der Waals surface area contributed by atoms with E-state index in [0.717, 1.165) is 21.2 Å². The highest BCUT2D eigenvalue weighted by Crippen LogP contribution is 2.30. The summed E-state index contributed by atoms with van der Waals surface area (Å²) in [6.45, 7) is 2.64. The van der Waals surface area contributed by atoms with Crippen LogP contribution in [-0.4, -0.2) is 11.6 Å². The lowest BCUT2D eigenvalue weighted by Gasteiger charge is -2.06. The molecule has 0 aliphatic carbocycles. The molecule has 2 nitrogen and oxygen atoms in total. The van der Waals surface area contributed by atoms with Gasteiger partial charge in [0.1, 0.15) is 10.8 Å². The van der Waals surface area contributed by atoms with E-state index in [9.17, 15) is 0 Å². The molecular formula is C11H11NOS2. The van der Waals surface area contributed by atoms with Gasteiger partial charge in [-0.05, 0) is 25.1 Å². The van der Waals surface area contributed by atoms with E-state index >= 15 is 0 Å². The second-order valence-electron chi connectivity index (χ2n) is 2.95. The van der Waals surface area contributed by atoms with Gasteiger partial charge in [-0.15, -0.1) is 24.0 Å². The first-order valence-electron chi connectivity index (χ1n) is 4.67. The van der Waals surface area contributed by atoms with Crippen molar-refractivity contribution in [2.24, 2.45) is 0 Å². The van der Waals surface area contributed by atoms with Crippen LogP contribution >= 0.6 is 24.0 Å². The molecule has 0 fully saturated rings. The summed E-state index contributed by atoms with van der Waals surface area (Å²) < 4.78 is 5.39. The van der Waals surface area contributed by atoms with E-state index in [0.29, 0.717) is 6.61 Å². The van der Waals surface area contributed by atoms with Crippen LogP contribution in [0.25, 0.3) is 10.6 Å². The van der Waals surface area contributed by atoms with Crippen LogP contribution in [-0.2, 0) is 0 Å². The van der Waals surface area contributed by atoms with Crippen LogP contribution in [0, 0.1) is 0 Å². The minimum absolute atomic E-state index is 0.670. The first kappa shape index (κ1) is 10.5. The monoisotopic (exact) mass is 237 g/mol. The number of rotatable bonds is 3. The van der Waals surface area contributed by atoms with Crippen molar-refractivity contribution in [3.05, 3.63) is 29.8 Å². The van der Waals surface area contributed by atoms with E-state index in [1.54, 1.807) is 17.5 Å². The molecule has 0 bridgehead atoms. The van der Waals surface area contributed by atoms with Crippen molar-refractivity contribution in [2.75, 3.05) is 6.61 Å². The van der Waals surface area contributed by atoms with Gasteiger partial charge in [0, 0.05) is 22.0 Å². The molecular weight excluding hydrogens is 226 g/mol. The first-order chi connectivity index (χ1) is 7.31. The molecule has 0 radical (unpaired) electrons. The van der Waals surface area contributed by atoms with Crippen molar-refractivity contribution < 1.29 is 4.74 Å². The number of nitrogens with zero attached hydrogens (tertiary/aromatic N) is 1. The van der Waals surface area contributed by atoms with Crippen LogP contribution < -0.4 is 4.74 Å². The van der Waals surface area contributed by atoms with Gasteiger partial charge in [0.15, 0.2) is 0 Å². The molecule has 4 heteroatoms. The van der Waals surface area contributed by atoms with Gasteiger partial charge in [-0.25, -0.2) is 4.98 Å². The Bertz CT molecular complexity index is 440. The van der Waals surface area contributed by atoms with Crippen LogP contribution in [0.5, 0.6) is 5.75 Å². The topological polar surface area (TPSA) is 22.1 Å². The van der Waals surface area contributed by atoms with E-state index in [4.69, 9.17) is 4.74 Å². The molecule has 0 saturated carbocycles. The molecule has 0 N–H and O–H groups in total. The van der Waals surface area contributed by atoms with Crippen molar-refractivity contribution in [1.82, 2.24) is 4.98 Å². The molecule has 2 aromatic rings. The van der Waals surface area contributed by atoms with Crippen LogP contribution in [0.4, 0.5) is 0 Å². The largest absolute Gasteiger partial charge is 0.494 e. The fourth-order valence-corrected chi connectivity index (χ4v) is 2.37. The molecule has 0 aliphatic heterocycles. The highest BCUT2D eigenvalue weighted by Gasteiger charge is 2.05. The Morgan fingerprint density at radius 2 is 2.33 bits per heavy atom. The molecule has 0 unspecified atom stereocenters. The lowest BCUT2D eigenvalue weighted by atomic mass is 10.2. The van der Waals surface area contributed by atoms with Gasteiger partial charge in [-0.1, -0.05) is 0 Å². The van der Waals surface area contributed by atoms with E-state index in [2.05, 4.69) is 17.6 Å². The summed E-state index contributed by atoms with van der Waals surface area (Å²) in [5, 5.41) is 2.95. The molecule has 0 atom stereocenters. The summed E-state index contributed by atoms with van der Waals surface area (Å²) >= 11 is 6.04. The van der Waals surface area contributed by atoms with Gasteiger partial charge in [-0.3, -0.25) is 0 Å². The maximum Gasteiger partial charge on any atom is 0.124 e. The fourth-order valence-electron chi connectivity index (χ4n) is 1.31. The third-order valence-corrected chi connectivity index (χ3v) is 3.12. The minimum Gasteiger partial charge on any atom is -0.494 e. The lowest BCUT2D eigenvalue weighted by Crippen LogP contribution is -1.91. The van der Waals surface area contributed by atoms with Crippen molar-refractivity contribution in [2.45, 2.75) is 11.8 Å². The fraction of sp³-hybridized carbons (Fsp3) is 0.182. The third kappa shape index (κ3) is 2.33. The Morgan fingerprint density at radius 1 is 1.47 bits per heavy atom. The second-order valence-corrected chi connectivity index (χ2v) is 4.33. The smallest absolute Gasteiger partial charge is 0.124 e. The quantitative estimate of drug-likeness (QED) is 0.825. The Labute approximate surface area is 98.3 Å². The average molecular weight is 237 g/mol. The summed E-state index contributed by atoms with van der Waals surface area (Å²) in [5.41, 5.74) is 1.05. The van der Waals surface area contributed by atoms with E-state index in [1.807, 2.05) is 30.5 Å². The summed E-state index contributed by atoms with van der Waals surface area (Å²) in [7, 11) is 0. The Hall–Kier alpha value is -1.00. The molecule has 0 spiro atoms. The van der Waals surface area contributed by atoms with Gasteiger partial charge in [-0.2, -0.15) is 0 Å². The van der Waals surface area contributed by atoms with Crippen LogP contribution in [0.1, 0.15) is 6.92 Å². The Kier molecular flexibility index (Phi) is 3.28. The van der Waals surface area contributed by atoms with E-state index < -0.39 is 0 Å². The molecule has 0 saturated heterocycles. The van der Waals surface area contributed by atoms with Gasteiger partial charge < -0.3 is 4.74 Å². The number of thiazole rings is 1. The zero-order valence-corrected chi connectivity index (χ0v) is 10.0. The lowest BCUT2D eigenvalue weighted by molar-refractivity contribution is 0.339. The van der Waals surface area contributed by atoms with E-state index in [1.165, 1.54) is 0 Å². The van der Waals surface area contributed by atoms with Crippen molar-refractivity contribution in [3.63, 3.8) is 0 Å². The summed E-state index contributed by atoms with van der Waals surface area (Å²) in [6.07, 6.45) is 1.80. The summed E-state index contributed by atoms with van der Waals surface area (Å²) in [4.78, 5) is 5.15. The highest BCUT2D eigenvalue weighted by atomic mass is 32.1. The molecule has 1 aromatic carbocycles. The molecule has 0 aliphatic rings. The maximum absolute atomic E-state index is 5.39. The van der Waals surface area contributed by atoms with Crippen LogP contribution in [0.2, 0.25) is 0 Å². The second kappa shape index (κ2) is 4.68. The third-order valence-electron chi connectivity index (χ3n) is 1.94. The minimum atomic E-state index is 0.670. The predicted molar refractivity (Wildman–Crippen MR) is 66.0 cm³/mol. The van der Waals surface area contributed by atoms with Gasteiger partial charge in [0.25, 0.3) is 0 Å². The number of aromatic nitrogens is 1. The molecule has 0 amide bonds. The Morgan fingerprint density at radius 3 is 2.93 bits per heavy atom. The van der Waals surface area contributed by atoms with Crippen molar-refractivity contribution >= 4 is 24.0 Å². The molecule has 78 valence electrons. The zero-order chi connectivity index (χ0) is 10.7. The number of benzene rings is 1. The van der Waals surface area contributed by atoms with Crippen molar-refractivity contribution in [3.8, 4) is 16.3 Å². The number of hydrogen-bond acceptors (Lipinski definition) is 4. The normalized spacial score (nSPS) is 10.3. The number of hydrogen-bond donors (Lipinski definition) is 1. The standard InChI is InChI=1S/C11H11NOS2/c1-2-13-8-3-4-9(10(14)7-8)11-12-5-6-15-11/h3-7,14H,2H2,1H3. The maximum atomic E-state index is 5.39. The number of ether oxygens (including phenoxy) is 1. The Balaban J connectivity index is 2.35. The molecule has 2 rings (SSSR count). The summed E-state index contributed by atoms with van der Waals surface area (Å²) in [6, 6.07) is 5.86. The molecule has 1 heterocycles. The van der Waals surface area contributed by atoms with Crippen LogP contribution in [0.15, 0.2) is 34.7 Å². The average Bonchev–Trinajstić information content (AvgIpc) is 2.71.